The van der Waals surface area contributed by atoms with Gasteiger partial charge in [-0.2, -0.15) is 5.10 Å². The molecule has 4 heteroatoms. The van der Waals surface area contributed by atoms with Crippen molar-refractivity contribution in [2.75, 3.05) is 24.6 Å². The van der Waals surface area contributed by atoms with E-state index in [1.165, 1.54) is 11.3 Å². The van der Waals surface area contributed by atoms with Crippen LogP contribution >= 0.6 is 0 Å². The van der Waals surface area contributed by atoms with E-state index in [9.17, 15) is 0 Å². The van der Waals surface area contributed by atoms with Crippen LogP contribution in [0, 0.1) is 13.8 Å². The van der Waals surface area contributed by atoms with E-state index in [-0.39, 0.29) is 6.04 Å². The zero-order chi connectivity index (χ0) is 17.8. The van der Waals surface area contributed by atoms with Crippen molar-refractivity contribution in [3.63, 3.8) is 0 Å². The highest BCUT2D eigenvalue weighted by molar-refractivity contribution is 5.89. The Labute approximate surface area is 151 Å². The normalized spacial score (nSPS) is 17.4. The van der Waals surface area contributed by atoms with Crippen LogP contribution in [0.4, 0.5) is 5.69 Å². The van der Waals surface area contributed by atoms with Crippen molar-refractivity contribution in [2.24, 2.45) is 5.10 Å². The summed E-state index contributed by atoms with van der Waals surface area (Å²) in [5.74, 6) is 1.95. The first-order chi connectivity index (χ1) is 12.1. The Balaban J connectivity index is 1.81. The van der Waals surface area contributed by atoms with Gasteiger partial charge in [0.2, 0.25) is 0 Å². The Morgan fingerprint density at radius 2 is 1.80 bits per heavy atom. The largest absolute Gasteiger partial charge is 0.464 e. The van der Waals surface area contributed by atoms with Gasteiger partial charge in [-0.05, 0) is 51.2 Å². The van der Waals surface area contributed by atoms with Gasteiger partial charge in [0.05, 0.1) is 5.69 Å². The minimum Gasteiger partial charge on any atom is -0.464 e. The fourth-order valence-electron chi connectivity index (χ4n) is 3.34. The summed E-state index contributed by atoms with van der Waals surface area (Å²) in [7, 11) is 0. The van der Waals surface area contributed by atoms with Crippen LogP contribution in [0.5, 0.6) is 0 Å². The summed E-state index contributed by atoms with van der Waals surface area (Å²) in [4.78, 5) is 2.45. The molecular weight excluding hydrogens is 310 g/mol. The third kappa shape index (κ3) is 4.13. The van der Waals surface area contributed by atoms with Crippen molar-refractivity contribution in [1.82, 2.24) is 4.90 Å². The lowest BCUT2D eigenvalue weighted by atomic mass is 10.1. The molecule has 0 spiro atoms. The van der Waals surface area contributed by atoms with Crippen LogP contribution in [-0.2, 0) is 0 Å². The van der Waals surface area contributed by atoms with Crippen molar-refractivity contribution < 1.29 is 4.42 Å². The quantitative estimate of drug-likeness (QED) is 0.716. The van der Waals surface area contributed by atoms with Crippen molar-refractivity contribution in [1.29, 1.82) is 0 Å². The number of aryl methyl sites for hydroxylation is 2. The van der Waals surface area contributed by atoms with E-state index >= 15 is 0 Å². The lowest BCUT2D eigenvalue weighted by Gasteiger charge is -2.22. The molecule has 1 aliphatic rings. The molecule has 0 fully saturated rings. The van der Waals surface area contributed by atoms with Crippen LogP contribution in [0.2, 0.25) is 0 Å². The number of nitrogens with zero attached hydrogens (tertiary/aromatic N) is 3. The van der Waals surface area contributed by atoms with Crippen molar-refractivity contribution >= 4 is 11.4 Å². The highest BCUT2D eigenvalue weighted by atomic mass is 16.3. The van der Waals surface area contributed by atoms with Crippen molar-refractivity contribution in [2.45, 2.75) is 46.6 Å². The van der Waals surface area contributed by atoms with Gasteiger partial charge in [-0.15, -0.1) is 0 Å². The van der Waals surface area contributed by atoms with Crippen molar-refractivity contribution in [3.05, 3.63) is 53.5 Å². The van der Waals surface area contributed by atoms with Crippen molar-refractivity contribution in [3.8, 4) is 0 Å². The summed E-state index contributed by atoms with van der Waals surface area (Å²) >= 11 is 0. The minimum atomic E-state index is 0.156. The summed E-state index contributed by atoms with van der Waals surface area (Å²) in [6.45, 7) is 11.8. The highest BCUT2D eigenvalue weighted by Gasteiger charge is 2.31. The molecule has 0 bridgehead atoms. The fraction of sp³-hybridized carbons (Fsp3) is 0.476. The number of furan rings is 1. The van der Waals surface area contributed by atoms with Gasteiger partial charge < -0.3 is 9.32 Å². The lowest BCUT2D eigenvalue weighted by Crippen LogP contribution is -2.25. The molecule has 25 heavy (non-hydrogen) atoms. The van der Waals surface area contributed by atoms with E-state index in [1.807, 2.05) is 13.0 Å². The smallest absolute Gasteiger partial charge is 0.129 e. The molecule has 134 valence electrons. The van der Waals surface area contributed by atoms with Crippen LogP contribution in [0.15, 0.2) is 45.9 Å². The molecule has 1 aromatic heterocycles. The van der Waals surface area contributed by atoms with Gasteiger partial charge in [0.25, 0.3) is 0 Å². The predicted molar refractivity (Wildman–Crippen MR) is 104 cm³/mol. The first kappa shape index (κ1) is 17.7. The molecule has 2 aromatic rings. The Morgan fingerprint density at radius 3 is 2.40 bits per heavy atom. The molecule has 0 N–H and O–H groups in total. The van der Waals surface area contributed by atoms with Gasteiger partial charge in [0, 0.05) is 25.1 Å². The monoisotopic (exact) mass is 339 g/mol. The Morgan fingerprint density at radius 1 is 1.08 bits per heavy atom. The van der Waals surface area contributed by atoms with E-state index in [0.717, 1.165) is 49.7 Å². The van der Waals surface area contributed by atoms with Gasteiger partial charge in [-0.25, -0.2) is 0 Å². The number of rotatable bonds is 7. The molecule has 0 saturated carbocycles. The zero-order valence-corrected chi connectivity index (χ0v) is 15.8. The van der Waals surface area contributed by atoms with Gasteiger partial charge in [-0.3, -0.25) is 5.01 Å². The summed E-state index contributed by atoms with van der Waals surface area (Å²) in [6.07, 6.45) is 1.95. The SMILES string of the molecule is CCN(CC)CCC1=NN(c2ccc(C)cc2)C(c2ccc(C)o2)C1. The molecule has 0 amide bonds. The molecular formula is C21H29N3O. The van der Waals surface area contributed by atoms with Gasteiger partial charge >= 0.3 is 0 Å². The highest BCUT2D eigenvalue weighted by Crippen LogP contribution is 2.36. The molecule has 1 atom stereocenters. The minimum absolute atomic E-state index is 0.156. The third-order valence-corrected chi connectivity index (χ3v) is 4.97. The summed E-state index contributed by atoms with van der Waals surface area (Å²) < 4.78 is 5.93. The first-order valence-corrected chi connectivity index (χ1v) is 9.31. The Hall–Kier alpha value is -2.07. The topological polar surface area (TPSA) is 32.0 Å². The molecule has 0 aliphatic carbocycles. The van der Waals surface area contributed by atoms with E-state index in [1.54, 1.807) is 0 Å². The second-order valence-corrected chi connectivity index (χ2v) is 6.79. The zero-order valence-electron chi connectivity index (χ0n) is 15.8. The maximum absolute atomic E-state index is 5.93. The summed E-state index contributed by atoms with van der Waals surface area (Å²) in [6, 6.07) is 12.9. The van der Waals surface area contributed by atoms with Gasteiger partial charge in [0.1, 0.15) is 17.6 Å². The number of hydrazone groups is 1. The molecule has 3 rings (SSSR count). The van der Waals surface area contributed by atoms with Crippen LogP contribution in [0.3, 0.4) is 0 Å². The molecule has 0 radical (unpaired) electrons. The number of benzene rings is 1. The molecule has 1 aromatic carbocycles. The number of anilines is 1. The second kappa shape index (κ2) is 7.87. The van der Waals surface area contributed by atoms with E-state index in [0.29, 0.717) is 0 Å². The third-order valence-electron chi connectivity index (χ3n) is 4.97. The van der Waals surface area contributed by atoms with E-state index < -0.39 is 0 Å². The fourth-order valence-corrected chi connectivity index (χ4v) is 3.34. The predicted octanol–water partition coefficient (Wildman–Crippen LogP) is 4.94. The first-order valence-electron chi connectivity index (χ1n) is 9.31. The molecule has 1 aliphatic heterocycles. The Kier molecular flexibility index (Phi) is 5.59. The van der Waals surface area contributed by atoms with E-state index in [4.69, 9.17) is 9.52 Å². The van der Waals surface area contributed by atoms with Crippen LogP contribution in [0.1, 0.15) is 49.8 Å². The standard InChI is InChI=1S/C21H29N3O/c1-5-23(6-2)14-13-18-15-20(21-12-9-17(4)25-21)24(22-18)19-10-7-16(3)8-11-19/h7-12,20H,5-6,13-15H2,1-4H3. The maximum Gasteiger partial charge on any atom is 0.129 e. The van der Waals surface area contributed by atoms with Crippen LogP contribution in [-0.4, -0.2) is 30.2 Å². The molecule has 2 heterocycles. The summed E-state index contributed by atoms with van der Waals surface area (Å²) in [5, 5.41) is 7.09. The molecule has 0 saturated heterocycles. The number of hydrogen-bond acceptors (Lipinski definition) is 4. The van der Waals surface area contributed by atoms with Gasteiger partial charge in [0.15, 0.2) is 0 Å². The lowest BCUT2D eigenvalue weighted by molar-refractivity contribution is 0.313. The Bertz CT molecular complexity index is 713. The number of hydrogen-bond donors (Lipinski definition) is 0. The molecule has 4 nitrogen and oxygen atoms in total. The summed E-state index contributed by atoms with van der Waals surface area (Å²) in [5.41, 5.74) is 3.65. The second-order valence-electron chi connectivity index (χ2n) is 6.79. The average molecular weight is 339 g/mol. The average Bonchev–Trinajstić information content (AvgIpc) is 3.23. The van der Waals surface area contributed by atoms with E-state index in [2.05, 4.69) is 61.0 Å². The van der Waals surface area contributed by atoms with Gasteiger partial charge in [-0.1, -0.05) is 31.5 Å². The van der Waals surface area contributed by atoms with Crippen LogP contribution < -0.4 is 5.01 Å². The molecule has 1 unspecified atom stereocenters. The van der Waals surface area contributed by atoms with Crippen LogP contribution in [0.25, 0.3) is 0 Å². The maximum atomic E-state index is 5.93.